The third kappa shape index (κ3) is 7.94. The molecule has 2 N–H and O–H groups in total. The van der Waals surface area contributed by atoms with Crippen LogP contribution in [0, 0.1) is 0 Å². The number of carbonyl (C=O) groups is 3. The fourth-order valence-electron chi connectivity index (χ4n) is 3.80. The lowest BCUT2D eigenvalue weighted by Crippen LogP contribution is -2.30. The lowest BCUT2D eigenvalue weighted by atomic mass is 10.1. The molecule has 8 heteroatoms. The van der Waals surface area contributed by atoms with E-state index in [9.17, 15) is 14.4 Å². The summed E-state index contributed by atoms with van der Waals surface area (Å²) in [5.74, 6) is 0.0400. The number of hydrogen-bond acceptors (Lipinski definition) is 5. The molecule has 0 aliphatic carbocycles. The molecule has 0 radical (unpaired) electrons. The molecular formula is C33H27ClN2O5. The van der Waals surface area contributed by atoms with E-state index in [-0.39, 0.29) is 11.5 Å². The molecule has 0 unspecified atom stereocenters. The Hall–Kier alpha value is -5.14. The summed E-state index contributed by atoms with van der Waals surface area (Å²) in [6, 6.07) is 27.2. The van der Waals surface area contributed by atoms with Crippen LogP contribution in [0.2, 0.25) is 5.02 Å². The van der Waals surface area contributed by atoms with Gasteiger partial charge in [0.1, 0.15) is 17.2 Å². The molecule has 0 bridgehead atoms. The van der Waals surface area contributed by atoms with E-state index in [1.165, 1.54) is 6.08 Å². The van der Waals surface area contributed by atoms with Gasteiger partial charge in [0.05, 0.1) is 14.2 Å². The minimum atomic E-state index is -0.533. The van der Waals surface area contributed by atoms with Gasteiger partial charge < -0.3 is 20.1 Å². The smallest absolute Gasteiger partial charge is 0.272 e. The van der Waals surface area contributed by atoms with Gasteiger partial charge in [-0.3, -0.25) is 14.4 Å². The van der Waals surface area contributed by atoms with Gasteiger partial charge in [-0.2, -0.15) is 0 Å². The Morgan fingerprint density at radius 1 is 0.780 bits per heavy atom. The number of anilines is 1. The van der Waals surface area contributed by atoms with Crippen molar-refractivity contribution in [1.82, 2.24) is 5.32 Å². The summed E-state index contributed by atoms with van der Waals surface area (Å²) in [6.07, 6.45) is 4.67. The monoisotopic (exact) mass is 566 g/mol. The number of hydrogen-bond donors (Lipinski definition) is 2. The molecule has 4 aromatic rings. The van der Waals surface area contributed by atoms with Gasteiger partial charge in [-0.05, 0) is 84.5 Å². The first kappa shape index (κ1) is 28.9. The Morgan fingerprint density at radius 2 is 1.49 bits per heavy atom. The lowest BCUT2D eigenvalue weighted by molar-refractivity contribution is -0.113. The molecule has 7 nitrogen and oxygen atoms in total. The zero-order valence-corrected chi connectivity index (χ0v) is 23.1. The van der Waals surface area contributed by atoms with E-state index in [0.717, 1.165) is 5.56 Å². The molecule has 0 heterocycles. The molecule has 0 aromatic heterocycles. The van der Waals surface area contributed by atoms with Gasteiger partial charge in [0.15, 0.2) is 5.78 Å². The largest absolute Gasteiger partial charge is 0.497 e. The van der Waals surface area contributed by atoms with Gasteiger partial charge in [-0.25, -0.2) is 0 Å². The van der Waals surface area contributed by atoms with Crippen molar-refractivity contribution in [3.8, 4) is 11.5 Å². The first-order valence-corrected chi connectivity index (χ1v) is 12.9. The number of amides is 2. The number of nitrogens with one attached hydrogen (secondary N) is 2. The van der Waals surface area contributed by atoms with Crippen LogP contribution in [0.1, 0.15) is 31.8 Å². The van der Waals surface area contributed by atoms with Crippen LogP contribution in [-0.2, 0) is 4.79 Å². The summed E-state index contributed by atoms with van der Waals surface area (Å²) in [5, 5.41) is 6.02. The van der Waals surface area contributed by atoms with Crippen molar-refractivity contribution >= 4 is 47.0 Å². The van der Waals surface area contributed by atoms with Gasteiger partial charge in [0.25, 0.3) is 11.8 Å². The lowest BCUT2D eigenvalue weighted by Gasteiger charge is -2.12. The van der Waals surface area contributed by atoms with Crippen molar-refractivity contribution in [2.45, 2.75) is 0 Å². The Labute approximate surface area is 243 Å². The minimum Gasteiger partial charge on any atom is -0.497 e. The van der Waals surface area contributed by atoms with Gasteiger partial charge >= 0.3 is 0 Å². The Balaban J connectivity index is 1.48. The molecule has 0 fully saturated rings. The van der Waals surface area contributed by atoms with Crippen molar-refractivity contribution in [2.75, 3.05) is 19.5 Å². The number of methoxy groups -OCH3 is 2. The SMILES string of the molecule is COc1ccc(/C=C/C(=O)c2ccc(NC(=O)/C(=C/c3ccc(Cl)cc3)NC(=O)c3ccccc3)cc2)c(OC)c1. The maximum atomic E-state index is 13.2. The van der Waals surface area contributed by atoms with E-state index in [1.807, 2.05) is 0 Å². The molecule has 0 aliphatic heterocycles. The van der Waals surface area contributed by atoms with E-state index in [4.69, 9.17) is 21.1 Å². The molecule has 4 rings (SSSR count). The van der Waals surface area contributed by atoms with Crippen LogP contribution in [-0.4, -0.2) is 31.8 Å². The van der Waals surface area contributed by atoms with Crippen LogP contribution >= 0.6 is 11.6 Å². The zero-order chi connectivity index (χ0) is 29.2. The van der Waals surface area contributed by atoms with Crippen molar-refractivity contribution in [3.63, 3.8) is 0 Å². The highest BCUT2D eigenvalue weighted by Crippen LogP contribution is 2.26. The standard InChI is InChI=1S/C33H27ClN2O5/c1-40-28-18-12-24(31(21-28)41-2)13-19-30(37)23-10-16-27(17-11-23)35-33(39)29(20-22-8-14-26(34)15-9-22)36-32(38)25-6-4-3-5-7-25/h3-21H,1-2H3,(H,35,39)(H,36,38)/b19-13+,29-20-. The first-order valence-electron chi connectivity index (χ1n) is 12.6. The van der Waals surface area contributed by atoms with E-state index in [1.54, 1.807) is 123 Å². The third-order valence-electron chi connectivity index (χ3n) is 5.99. The molecule has 41 heavy (non-hydrogen) atoms. The average molecular weight is 567 g/mol. The number of halogens is 1. The molecule has 0 saturated carbocycles. The van der Waals surface area contributed by atoms with Crippen molar-refractivity contribution < 1.29 is 23.9 Å². The minimum absolute atomic E-state index is 0.0395. The predicted octanol–water partition coefficient (Wildman–Crippen LogP) is 6.66. The average Bonchev–Trinajstić information content (AvgIpc) is 3.01. The van der Waals surface area contributed by atoms with E-state index in [2.05, 4.69) is 10.6 Å². The molecule has 4 aromatic carbocycles. The highest BCUT2D eigenvalue weighted by Gasteiger charge is 2.15. The molecule has 206 valence electrons. The maximum Gasteiger partial charge on any atom is 0.272 e. The van der Waals surface area contributed by atoms with Crippen molar-refractivity contribution in [1.29, 1.82) is 0 Å². The summed E-state index contributed by atoms with van der Waals surface area (Å²) in [6.45, 7) is 0. The van der Waals surface area contributed by atoms with E-state index in [0.29, 0.717) is 38.9 Å². The highest BCUT2D eigenvalue weighted by atomic mass is 35.5. The molecule has 0 spiro atoms. The van der Waals surface area contributed by atoms with Crippen LogP contribution in [0.4, 0.5) is 5.69 Å². The van der Waals surface area contributed by atoms with Crippen LogP contribution in [0.25, 0.3) is 12.2 Å². The molecule has 0 atom stereocenters. The number of benzene rings is 4. The highest BCUT2D eigenvalue weighted by molar-refractivity contribution is 6.30. The second-order valence-corrected chi connectivity index (χ2v) is 9.20. The summed E-state index contributed by atoms with van der Waals surface area (Å²) in [5.41, 5.74) is 2.73. The predicted molar refractivity (Wildman–Crippen MR) is 161 cm³/mol. The van der Waals surface area contributed by atoms with E-state index < -0.39 is 11.8 Å². The first-order chi connectivity index (χ1) is 19.9. The Morgan fingerprint density at radius 3 is 2.15 bits per heavy atom. The summed E-state index contributed by atoms with van der Waals surface area (Å²) in [4.78, 5) is 38.8. The van der Waals surface area contributed by atoms with Gasteiger partial charge in [0.2, 0.25) is 0 Å². The molecule has 0 aliphatic rings. The van der Waals surface area contributed by atoms with Gasteiger partial charge in [-0.1, -0.05) is 41.9 Å². The van der Waals surface area contributed by atoms with Crippen LogP contribution < -0.4 is 20.1 Å². The number of allylic oxidation sites excluding steroid dienone is 1. The third-order valence-corrected chi connectivity index (χ3v) is 6.24. The molecular weight excluding hydrogens is 540 g/mol. The quantitative estimate of drug-likeness (QED) is 0.165. The normalized spacial score (nSPS) is 11.1. The maximum absolute atomic E-state index is 13.2. The Bertz CT molecular complexity index is 1600. The summed E-state index contributed by atoms with van der Waals surface area (Å²) in [7, 11) is 3.11. The fraction of sp³-hybridized carbons (Fsp3) is 0.0606. The van der Waals surface area contributed by atoms with Crippen LogP contribution in [0.5, 0.6) is 11.5 Å². The van der Waals surface area contributed by atoms with Crippen LogP contribution in [0.3, 0.4) is 0 Å². The number of rotatable bonds is 10. The molecule has 0 saturated heterocycles. The summed E-state index contributed by atoms with van der Waals surface area (Å²) < 4.78 is 10.6. The van der Waals surface area contributed by atoms with Crippen molar-refractivity contribution in [3.05, 3.63) is 136 Å². The fourth-order valence-corrected chi connectivity index (χ4v) is 3.93. The van der Waals surface area contributed by atoms with Gasteiger partial charge in [0, 0.05) is 33.5 Å². The molecule has 2 amide bonds. The summed E-state index contributed by atoms with van der Waals surface area (Å²) >= 11 is 5.99. The van der Waals surface area contributed by atoms with E-state index >= 15 is 0 Å². The number of carbonyl (C=O) groups excluding carboxylic acids is 3. The van der Waals surface area contributed by atoms with Crippen LogP contribution in [0.15, 0.2) is 109 Å². The number of ether oxygens (including phenoxy) is 2. The topological polar surface area (TPSA) is 93.7 Å². The number of ketones is 1. The second kappa shape index (κ2) is 13.8. The zero-order valence-electron chi connectivity index (χ0n) is 22.4. The second-order valence-electron chi connectivity index (χ2n) is 8.77. The van der Waals surface area contributed by atoms with Crippen molar-refractivity contribution in [2.24, 2.45) is 0 Å². The van der Waals surface area contributed by atoms with Gasteiger partial charge in [-0.15, -0.1) is 0 Å². The Kier molecular flexibility index (Phi) is 9.70.